The number of nitrogens with zero attached hydrogens (tertiary/aromatic N) is 1. The van der Waals surface area contributed by atoms with Crippen LogP contribution in [0.2, 0.25) is 0 Å². The van der Waals surface area contributed by atoms with Crippen LogP contribution in [0.5, 0.6) is 0 Å². The first-order valence-electron chi connectivity index (χ1n) is 6.05. The zero-order chi connectivity index (χ0) is 13.3. The minimum Gasteiger partial charge on any atom is -0.340 e. The lowest BCUT2D eigenvalue weighted by Gasteiger charge is -2.48. The molecule has 4 heteroatoms. The summed E-state index contributed by atoms with van der Waals surface area (Å²) < 4.78 is 0. The molecule has 1 heterocycles. The van der Waals surface area contributed by atoms with Crippen molar-refractivity contribution < 1.29 is 9.59 Å². The predicted molar refractivity (Wildman–Crippen MR) is 67.4 cm³/mol. The third-order valence-electron chi connectivity index (χ3n) is 3.57. The summed E-state index contributed by atoms with van der Waals surface area (Å²) in [6.45, 7) is 9.62. The van der Waals surface area contributed by atoms with Crippen molar-refractivity contribution in [3.8, 4) is 0 Å². The molecule has 1 rings (SSSR count). The van der Waals surface area contributed by atoms with Crippen LogP contribution in [0.3, 0.4) is 0 Å². The number of hydrogen-bond acceptors (Lipinski definition) is 2. The second-order valence-electron chi connectivity index (χ2n) is 5.18. The van der Waals surface area contributed by atoms with Gasteiger partial charge in [0, 0.05) is 6.54 Å². The molecule has 4 nitrogen and oxygen atoms in total. The Hall–Kier alpha value is -1.32. The van der Waals surface area contributed by atoms with Crippen molar-refractivity contribution in [3.05, 3.63) is 12.2 Å². The van der Waals surface area contributed by atoms with Crippen LogP contribution >= 0.6 is 0 Å². The molecule has 1 saturated heterocycles. The maximum atomic E-state index is 12.4. The smallest absolute Gasteiger partial charge is 0.249 e. The lowest BCUT2D eigenvalue weighted by atomic mass is 9.87. The molecule has 0 aromatic rings. The van der Waals surface area contributed by atoms with Gasteiger partial charge < -0.3 is 10.2 Å². The highest BCUT2D eigenvalue weighted by Gasteiger charge is 2.50. The highest BCUT2D eigenvalue weighted by atomic mass is 16.2. The predicted octanol–water partition coefficient (Wildman–Crippen LogP) is 1.47. The summed E-state index contributed by atoms with van der Waals surface area (Å²) in [4.78, 5) is 26.2. The van der Waals surface area contributed by atoms with E-state index in [1.165, 1.54) is 0 Å². The molecule has 0 radical (unpaired) electrons. The largest absolute Gasteiger partial charge is 0.340 e. The first-order valence-corrected chi connectivity index (χ1v) is 6.05. The zero-order valence-electron chi connectivity index (χ0n) is 11.3. The molecule has 1 fully saturated rings. The Bertz CT molecular complexity index is 360. The number of carbonyl (C=O) groups excluding carboxylic acids is 2. The van der Waals surface area contributed by atoms with E-state index in [0.29, 0.717) is 13.0 Å². The average Bonchev–Trinajstić information content (AvgIpc) is 2.27. The minimum atomic E-state index is -0.786. The van der Waals surface area contributed by atoms with Gasteiger partial charge in [-0.25, -0.2) is 0 Å². The van der Waals surface area contributed by atoms with E-state index < -0.39 is 11.1 Å². The fraction of sp³-hybridized carbons (Fsp3) is 0.692. The summed E-state index contributed by atoms with van der Waals surface area (Å²) in [5.41, 5.74) is -1.56. The van der Waals surface area contributed by atoms with Gasteiger partial charge in [0.25, 0.3) is 0 Å². The van der Waals surface area contributed by atoms with Gasteiger partial charge in [0.2, 0.25) is 11.8 Å². The summed E-state index contributed by atoms with van der Waals surface area (Å²) in [6, 6.07) is 0. The van der Waals surface area contributed by atoms with Crippen LogP contribution in [0.4, 0.5) is 0 Å². The molecule has 0 spiro atoms. The molecule has 1 unspecified atom stereocenters. The van der Waals surface area contributed by atoms with Gasteiger partial charge in [-0.3, -0.25) is 9.59 Å². The lowest BCUT2D eigenvalue weighted by molar-refractivity contribution is -0.159. The van der Waals surface area contributed by atoms with E-state index in [-0.39, 0.29) is 11.8 Å². The Kier molecular flexibility index (Phi) is 3.65. The molecule has 0 bridgehead atoms. The monoisotopic (exact) mass is 238 g/mol. The molecule has 1 atom stereocenters. The third-order valence-corrected chi connectivity index (χ3v) is 3.57. The van der Waals surface area contributed by atoms with E-state index >= 15 is 0 Å². The second-order valence-corrected chi connectivity index (χ2v) is 5.18. The fourth-order valence-corrected chi connectivity index (χ4v) is 1.89. The molecule has 0 saturated carbocycles. The highest BCUT2D eigenvalue weighted by molar-refractivity contribution is 6.01. The Morgan fingerprint density at radius 2 is 1.88 bits per heavy atom. The van der Waals surface area contributed by atoms with Crippen molar-refractivity contribution in [3.63, 3.8) is 0 Å². The van der Waals surface area contributed by atoms with Gasteiger partial charge in [-0.1, -0.05) is 19.1 Å². The van der Waals surface area contributed by atoms with Gasteiger partial charge in [0.15, 0.2) is 0 Å². The Morgan fingerprint density at radius 1 is 1.29 bits per heavy atom. The molecule has 96 valence electrons. The van der Waals surface area contributed by atoms with Crippen molar-refractivity contribution in [1.29, 1.82) is 0 Å². The third kappa shape index (κ3) is 2.21. The second kappa shape index (κ2) is 4.51. The molecule has 1 N–H and O–H groups in total. The Labute approximate surface area is 103 Å². The van der Waals surface area contributed by atoms with Gasteiger partial charge in [0.05, 0.1) is 0 Å². The van der Waals surface area contributed by atoms with E-state index in [1.54, 1.807) is 25.7 Å². The normalized spacial score (nSPS) is 28.6. The summed E-state index contributed by atoms with van der Waals surface area (Å²) in [6.07, 6.45) is 4.38. The number of rotatable bonds is 3. The summed E-state index contributed by atoms with van der Waals surface area (Å²) in [5.74, 6) is -0.103. The van der Waals surface area contributed by atoms with Crippen LogP contribution in [0.15, 0.2) is 12.2 Å². The lowest BCUT2D eigenvalue weighted by Crippen LogP contribution is -2.73. The topological polar surface area (TPSA) is 49.4 Å². The first-order chi connectivity index (χ1) is 7.79. The number of carbonyl (C=O) groups is 2. The SMILES string of the molecule is C/C=C/CN1C(=O)C(C)(CC)NC(=O)C1(C)C. The number of allylic oxidation sites excluding steroid dienone is 1. The molecule has 0 aromatic carbocycles. The first kappa shape index (κ1) is 13.7. The minimum absolute atomic E-state index is 0.0114. The van der Waals surface area contributed by atoms with Crippen molar-refractivity contribution in [2.75, 3.05) is 6.54 Å². The summed E-state index contributed by atoms with van der Waals surface area (Å²) in [5, 5.41) is 2.83. The van der Waals surface area contributed by atoms with Crippen LogP contribution in [0.1, 0.15) is 41.0 Å². The van der Waals surface area contributed by atoms with Crippen molar-refractivity contribution in [2.24, 2.45) is 0 Å². The number of amides is 2. The molecular formula is C13H22N2O2. The highest BCUT2D eigenvalue weighted by Crippen LogP contribution is 2.27. The van der Waals surface area contributed by atoms with Crippen molar-refractivity contribution in [1.82, 2.24) is 10.2 Å². The van der Waals surface area contributed by atoms with Crippen LogP contribution in [0.25, 0.3) is 0 Å². The number of nitrogens with one attached hydrogen (secondary N) is 1. The zero-order valence-corrected chi connectivity index (χ0v) is 11.3. The summed E-state index contributed by atoms with van der Waals surface area (Å²) >= 11 is 0. The molecular weight excluding hydrogens is 216 g/mol. The van der Waals surface area contributed by atoms with E-state index in [2.05, 4.69) is 5.32 Å². The van der Waals surface area contributed by atoms with Gasteiger partial charge >= 0.3 is 0 Å². The molecule has 0 aromatic heterocycles. The molecule has 0 aliphatic carbocycles. The van der Waals surface area contributed by atoms with Crippen LogP contribution in [-0.2, 0) is 9.59 Å². The maximum absolute atomic E-state index is 12.4. The van der Waals surface area contributed by atoms with Crippen LogP contribution in [0, 0.1) is 0 Å². The standard InChI is InChI=1S/C13H22N2O2/c1-6-8-9-15-11(17)13(5,7-2)14-10(16)12(15,3)4/h6,8H,7,9H2,1-5H3,(H,14,16)/b8-6+. The molecule has 17 heavy (non-hydrogen) atoms. The van der Waals surface area contributed by atoms with Gasteiger partial charge in [-0.2, -0.15) is 0 Å². The van der Waals surface area contributed by atoms with Crippen molar-refractivity contribution in [2.45, 2.75) is 52.1 Å². The maximum Gasteiger partial charge on any atom is 0.249 e. The van der Waals surface area contributed by atoms with E-state index in [0.717, 1.165) is 0 Å². The van der Waals surface area contributed by atoms with Gasteiger partial charge in [0.1, 0.15) is 11.1 Å². The molecule has 2 amide bonds. The van der Waals surface area contributed by atoms with E-state index in [1.807, 2.05) is 26.0 Å². The van der Waals surface area contributed by atoms with Crippen LogP contribution in [-0.4, -0.2) is 34.3 Å². The Morgan fingerprint density at radius 3 is 2.35 bits per heavy atom. The number of piperazine rings is 1. The van der Waals surface area contributed by atoms with E-state index in [4.69, 9.17) is 0 Å². The quantitative estimate of drug-likeness (QED) is 0.757. The Balaban J connectivity index is 3.10. The number of hydrogen-bond donors (Lipinski definition) is 1. The fourth-order valence-electron chi connectivity index (χ4n) is 1.89. The molecule has 1 aliphatic rings. The van der Waals surface area contributed by atoms with Crippen molar-refractivity contribution >= 4 is 11.8 Å². The van der Waals surface area contributed by atoms with Gasteiger partial charge in [-0.15, -0.1) is 0 Å². The molecule has 1 aliphatic heterocycles. The van der Waals surface area contributed by atoms with E-state index in [9.17, 15) is 9.59 Å². The van der Waals surface area contributed by atoms with Crippen LogP contribution < -0.4 is 5.32 Å². The average molecular weight is 238 g/mol. The van der Waals surface area contributed by atoms with Gasteiger partial charge in [-0.05, 0) is 34.1 Å². The summed E-state index contributed by atoms with van der Waals surface area (Å²) in [7, 11) is 0.